The maximum absolute atomic E-state index is 13.0. The molecule has 1 aromatic carbocycles. The lowest BCUT2D eigenvalue weighted by atomic mass is 9.95. The highest BCUT2D eigenvalue weighted by molar-refractivity contribution is 5.88. The fourth-order valence-corrected chi connectivity index (χ4v) is 4.51. The molecule has 2 saturated heterocycles. The zero-order valence-corrected chi connectivity index (χ0v) is 16.8. The second kappa shape index (κ2) is 7.57. The minimum atomic E-state index is -0.155. The smallest absolute Gasteiger partial charge is 0.242 e. The second-order valence-corrected chi connectivity index (χ2v) is 8.58. The van der Waals surface area contributed by atoms with Crippen LogP contribution in [0.1, 0.15) is 42.4 Å². The zero-order chi connectivity index (χ0) is 19.8. The Morgan fingerprint density at radius 2 is 1.71 bits per heavy atom. The fraction of sp³-hybridized carbons (Fsp3) is 0.591. The molecule has 1 aromatic rings. The highest BCUT2D eigenvalue weighted by Gasteiger charge is 2.40. The topological polar surface area (TPSA) is 60.9 Å². The van der Waals surface area contributed by atoms with Crippen molar-refractivity contribution in [3.63, 3.8) is 0 Å². The van der Waals surface area contributed by atoms with E-state index in [9.17, 15) is 14.4 Å². The standard InChI is InChI=1S/C22H29N3O3/c1-15-9-16(2)11-17(10-15)12-23-7-8-24(14-21(23)27)22(28)18-3-6-20(26)25(13-18)19-4-5-19/h9-11,18-19H,3-8,12-14H2,1-2H3/t18-/m0/s1. The van der Waals surface area contributed by atoms with Crippen molar-refractivity contribution >= 4 is 17.7 Å². The number of benzene rings is 1. The molecule has 2 aliphatic heterocycles. The average molecular weight is 383 g/mol. The molecule has 3 amide bonds. The Hall–Kier alpha value is -2.37. The Morgan fingerprint density at radius 3 is 2.36 bits per heavy atom. The number of piperazine rings is 1. The van der Waals surface area contributed by atoms with Gasteiger partial charge in [-0.1, -0.05) is 29.3 Å². The molecule has 150 valence electrons. The third-order valence-corrected chi connectivity index (χ3v) is 6.07. The Kier molecular flexibility index (Phi) is 5.13. The largest absolute Gasteiger partial charge is 0.339 e. The van der Waals surface area contributed by atoms with E-state index in [1.54, 1.807) is 4.90 Å². The lowest BCUT2D eigenvalue weighted by Gasteiger charge is -2.38. The number of likely N-dealkylation sites (tertiary alicyclic amines) is 1. The third kappa shape index (κ3) is 4.05. The van der Waals surface area contributed by atoms with Crippen LogP contribution in [0, 0.1) is 19.8 Å². The van der Waals surface area contributed by atoms with E-state index in [4.69, 9.17) is 0 Å². The molecule has 28 heavy (non-hydrogen) atoms. The number of nitrogens with zero attached hydrogens (tertiary/aromatic N) is 3. The molecule has 1 atom stereocenters. The van der Waals surface area contributed by atoms with Gasteiger partial charge >= 0.3 is 0 Å². The summed E-state index contributed by atoms with van der Waals surface area (Å²) in [6.45, 7) is 6.54. The second-order valence-electron chi connectivity index (χ2n) is 8.58. The molecule has 0 radical (unpaired) electrons. The monoisotopic (exact) mass is 383 g/mol. The number of amides is 3. The van der Waals surface area contributed by atoms with Crippen molar-refractivity contribution < 1.29 is 14.4 Å². The molecule has 2 heterocycles. The predicted octanol–water partition coefficient (Wildman–Crippen LogP) is 1.88. The molecule has 1 aliphatic carbocycles. The molecule has 0 spiro atoms. The summed E-state index contributed by atoms with van der Waals surface area (Å²) in [5.41, 5.74) is 3.53. The van der Waals surface area contributed by atoms with Gasteiger partial charge in [-0.3, -0.25) is 14.4 Å². The van der Waals surface area contributed by atoms with Crippen LogP contribution in [-0.4, -0.2) is 64.6 Å². The van der Waals surface area contributed by atoms with E-state index in [1.807, 2.05) is 9.80 Å². The summed E-state index contributed by atoms with van der Waals surface area (Å²) in [6.07, 6.45) is 3.18. The molecule has 0 aromatic heterocycles. The van der Waals surface area contributed by atoms with Crippen LogP contribution in [0.5, 0.6) is 0 Å². The van der Waals surface area contributed by atoms with Crippen LogP contribution in [0.15, 0.2) is 18.2 Å². The van der Waals surface area contributed by atoms with Gasteiger partial charge in [-0.15, -0.1) is 0 Å². The van der Waals surface area contributed by atoms with E-state index < -0.39 is 0 Å². The van der Waals surface area contributed by atoms with Crippen molar-refractivity contribution in [3.05, 3.63) is 34.9 Å². The summed E-state index contributed by atoms with van der Waals surface area (Å²) < 4.78 is 0. The normalized spacial score (nSPS) is 23.4. The van der Waals surface area contributed by atoms with E-state index in [0.29, 0.717) is 45.1 Å². The number of rotatable bonds is 4. The number of aryl methyl sites for hydroxylation is 2. The van der Waals surface area contributed by atoms with Crippen molar-refractivity contribution in [2.24, 2.45) is 5.92 Å². The van der Waals surface area contributed by atoms with Crippen LogP contribution in [0.4, 0.5) is 0 Å². The summed E-state index contributed by atoms with van der Waals surface area (Å²) in [5.74, 6) is 0.0696. The third-order valence-electron chi connectivity index (χ3n) is 6.07. The van der Waals surface area contributed by atoms with Crippen LogP contribution in [0.2, 0.25) is 0 Å². The van der Waals surface area contributed by atoms with Crippen LogP contribution in [0.25, 0.3) is 0 Å². The van der Waals surface area contributed by atoms with Crippen LogP contribution in [-0.2, 0) is 20.9 Å². The molecular formula is C22H29N3O3. The number of carbonyl (C=O) groups excluding carboxylic acids is 3. The van der Waals surface area contributed by atoms with Crippen molar-refractivity contribution in [1.82, 2.24) is 14.7 Å². The molecule has 3 fully saturated rings. The summed E-state index contributed by atoms with van der Waals surface area (Å²) in [5, 5.41) is 0. The summed E-state index contributed by atoms with van der Waals surface area (Å²) in [7, 11) is 0. The van der Waals surface area contributed by atoms with Gasteiger partial charge in [-0.2, -0.15) is 0 Å². The van der Waals surface area contributed by atoms with E-state index in [0.717, 1.165) is 18.4 Å². The van der Waals surface area contributed by atoms with Gasteiger partial charge in [0, 0.05) is 38.6 Å². The molecule has 0 unspecified atom stereocenters. The Bertz CT molecular complexity index is 782. The van der Waals surface area contributed by atoms with Gasteiger partial charge in [0.15, 0.2) is 0 Å². The van der Waals surface area contributed by atoms with E-state index in [1.165, 1.54) is 11.1 Å². The first-order chi connectivity index (χ1) is 13.4. The van der Waals surface area contributed by atoms with E-state index in [-0.39, 0.29) is 30.2 Å². The van der Waals surface area contributed by atoms with Crippen molar-refractivity contribution in [3.8, 4) is 0 Å². The Morgan fingerprint density at radius 1 is 1.00 bits per heavy atom. The van der Waals surface area contributed by atoms with Gasteiger partial charge in [0.25, 0.3) is 0 Å². The SMILES string of the molecule is Cc1cc(C)cc(CN2CCN(C(=O)[C@H]3CCC(=O)N(C4CC4)C3)CC2=O)c1. The van der Waals surface area contributed by atoms with Gasteiger partial charge < -0.3 is 14.7 Å². The minimum Gasteiger partial charge on any atom is -0.339 e. The average Bonchev–Trinajstić information content (AvgIpc) is 3.47. The maximum atomic E-state index is 13.0. The lowest BCUT2D eigenvalue weighted by molar-refractivity contribution is -0.151. The van der Waals surface area contributed by atoms with Gasteiger partial charge in [0.1, 0.15) is 0 Å². The Balaban J connectivity index is 1.35. The van der Waals surface area contributed by atoms with Crippen LogP contribution < -0.4 is 0 Å². The summed E-state index contributed by atoms with van der Waals surface area (Å²) in [6, 6.07) is 6.70. The molecule has 0 N–H and O–H groups in total. The molecule has 4 rings (SSSR count). The van der Waals surface area contributed by atoms with Crippen LogP contribution >= 0.6 is 0 Å². The molecule has 3 aliphatic rings. The molecule has 1 saturated carbocycles. The van der Waals surface area contributed by atoms with Crippen molar-refractivity contribution in [2.45, 2.75) is 52.1 Å². The quantitative estimate of drug-likeness (QED) is 0.798. The highest BCUT2D eigenvalue weighted by atomic mass is 16.2. The van der Waals surface area contributed by atoms with Gasteiger partial charge in [0.05, 0.1) is 12.5 Å². The number of piperidine rings is 1. The molecule has 6 heteroatoms. The minimum absolute atomic E-state index is 0.00435. The predicted molar refractivity (Wildman–Crippen MR) is 105 cm³/mol. The first-order valence-corrected chi connectivity index (χ1v) is 10.3. The number of hydrogen-bond donors (Lipinski definition) is 0. The van der Waals surface area contributed by atoms with Crippen molar-refractivity contribution in [1.29, 1.82) is 0 Å². The fourth-order valence-electron chi connectivity index (χ4n) is 4.51. The Labute approximate surface area is 166 Å². The molecular weight excluding hydrogens is 354 g/mol. The van der Waals surface area contributed by atoms with Gasteiger partial charge in [-0.05, 0) is 38.7 Å². The number of hydrogen-bond acceptors (Lipinski definition) is 3. The van der Waals surface area contributed by atoms with E-state index in [2.05, 4.69) is 32.0 Å². The zero-order valence-electron chi connectivity index (χ0n) is 16.8. The van der Waals surface area contributed by atoms with Gasteiger partial charge in [0.2, 0.25) is 17.7 Å². The van der Waals surface area contributed by atoms with Gasteiger partial charge in [-0.25, -0.2) is 0 Å². The first kappa shape index (κ1) is 19.0. The maximum Gasteiger partial charge on any atom is 0.242 e. The summed E-state index contributed by atoms with van der Waals surface area (Å²) in [4.78, 5) is 43.2. The highest BCUT2D eigenvalue weighted by Crippen LogP contribution is 2.32. The van der Waals surface area contributed by atoms with Crippen molar-refractivity contribution in [2.75, 3.05) is 26.2 Å². The van der Waals surface area contributed by atoms with E-state index >= 15 is 0 Å². The lowest BCUT2D eigenvalue weighted by Crippen LogP contribution is -2.55. The molecule has 6 nitrogen and oxygen atoms in total. The van der Waals surface area contributed by atoms with Crippen LogP contribution in [0.3, 0.4) is 0 Å². The summed E-state index contributed by atoms with van der Waals surface area (Å²) >= 11 is 0. The number of carbonyl (C=O) groups is 3. The first-order valence-electron chi connectivity index (χ1n) is 10.3. The molecule has 0 bridgehead atoms.